The van der Waals surface area contributed by atoms with Crippen LogP contribution in [0.25, 0.3) is 0 Å². The van der Waals surface area contributed by atoms with Crippen LogP contribution in [0.2, 0.25) is 0 Å². The molecule has 2 N–H and O–H groups in total. The molecular formula is C13H17N3O4. The van der Waals surface area contributed by atoms with Gasteiger partial charge in [-0.3, -0.25) is 15.0 Å². The summed E-state index contributed by atoms with van der Waals surface area (Å²) in [4.78, 5) is 23.1. The van der Waals surface area contributed by atoms with Gasteiger partial charge in [0.25, 0.3) is 5.69 Å². The van der Waals surface area contributed by atoms with Gasteiger partial charge in [0.15, 0.2) is 0 Å². The number of primary amides is 1. The van der Waals surface area contributed by atoms with E-state index in [1.807, 2.05) is 0 Å². The fourth-order valence-corrected chi connectivity index (χ4v) is 2.40. The first-order valence-electron chi connectivity index (χ1n) is 6.46. The predicted molar refractivity (Wildman–Crippen MR) is 72.1 cm³/mol. The first kappa shape index (κ1) is 14.3. The summed E-state index contributed by atoms with van der Waals surface area (Å²) in [6, 6.07) is 6.49. The highest BCUT2D eigenvalue weighted by Crippen LogP contribution is 2.18. The van der Waals surface area contributed by atoms with E-state index in [-0.39, 0.29) is 11.8 Å². The third-order valence-electron chi connectivity index (χ3n) is 3.30. The minimum Gasteiger partial charge on any atom is -0.445 e. The van der Waals surface area contributed by atoms with Crippen LogP contribution < -0.4 is 5.73 Å². The smallest absolute Gasteiger partial charge is 0.404 e. The molecule has 1 aromatic carbocycles. The monoisotopic (exact) mass is 279 g/mol. The Morgan fingerprint density at radius 3 is 2.75 bits per heavy atom. The fourth-order valence-electron chi connectivity index (χ4n) is 2.40. The predicted octanol–water partition coefficient (Wildman–Crippen LogP) is 1.65. The van der Waals surface area contributed by atoms with Crippen molar-refractivity contribution in [1.29, 1.82) is 0 Å². The molecule has 1 heterocycles. The number of amides is 1. The van der Waals surface area contributed by atoms with Crippen LogP contribution in [0.5, 0.6) is 0 Å². The minimum absolute atomic E-state index is 0.0855. The zero-order valence-electron chi connectivity index (χ0n) is 11.0. The van der Waals surface area contributed by atoms with E-state index in [9.17, 15) is 14.9 Å². The van der Waals surface area contributed by atoms with Gasteiger partial charge in [-0.1, -0.05) is 12.1 Å². The van der Waals surface area contributed by atoms with Gasteiger partial charge in [0, 0.05) is 25.2 Å². The van der Waals surface area contributed by atoms with E-state index in [1.54, 1.807) is 12.1 Å². The molecule has 1 unspecified atom stereocenters. The van der Waals surface area contributed by atoms with E-state index in [1.165, 1.54) is 12.1 Å². The largest absolute Gasteiger partial charge is 0.445 e. The molecule has 0 aliphatic carbocycles. The number of nitrogens with zero attached hydrogens (tertiary/aromatic N) is 2. The zero-order chi connectivity index (χ0) is 14.5. The number of nitro benzene ring substituents is 1. The van der Waals surface area contributed by atoms with Gasteiger partial charge in [-0.15, -0.1) is 0 Å². The molecule has 1 amide bonds. The van der Waals surface area contributed by atoms with Crippen LogP contribution in [0.15, 0.2) is 24.3 Å². The maximum atomic E-state index is 10.8. The van der Waals surface area contributed by atoms with Crippen molar-refractivity contribution in [2.24, 2.45) is 5.73 Å². The lowest BCUT2D eigenvalue weighted by Crippen LogP contribution is -2.40. The van der Waals surface area contributed by atoms with Gasteiger partial charge in [0.1, 0.15) is 6.10 Å². The zero-order valence-corrected chi connectivity index (χ0v) is 11.0. The standard InChI is InChI=1S/C13H17N3O4/c14-13(17)20-12-2-1-7-15(9-12)8-10-3-5-11(6-4-10)16(18)19/h3-6,12H,1-2,7-9H2,(H2,14,17). The molecule has 0 aromatic heterocycles. The van der Waals surface area contributed by atoms with Gasteiger partial charge in [0.2, 0.25) is 0 Å². The van der Waals surface area contributed by atoms with Gasteiger partial charge in [-0.2, -0.15) is 0 Å². The summed E-state index contributed by atoms with van der Waals surface area (Å²) in [5.74, 6) is 0. The van der Waals surface area contributed by atoms with Crippen LogP contribution in [0, 0.1) is 10.1 Å². The van der Waals surface area contributed by atoms with Crippen molar-refractivity contribution >= 4 is 11.8 Å². The molecule has 1 fully saturated rings. The molecule has 108 valence electrons. The van der Waals surface area contributed by atoms with Crippen molar-refractivity contribution in [3.63, 3.8) is 0 Å². The van der Waals surface area contributed by atoms with Crippen molar-refractivity contribution in [1.82, 2.24) is 4.90 Å². The van der Waals surface area contributed by atoms with Crippen LogP contribution in [-0.2, 0) is 11.3 Å². The van der Waals surface area contributed by atoms with E-state index in [2.05, 4.69) is 4.90 Å². The second-order valence-electron chi connectivity index (χ2n) is 4.86. The highest BCUT2D eigenvalue weighted by molar-refractivity contribution is 5.64. The van der Waals surface area contributed by atoms with Gasteiger partial charge < -0.3 is 10.5 Å². The third kappa shape index (κ3) is 3.92. The van der Waals surface area contributed by atoms with Crippen LogP contribution in [0.3, 0.4) is 0 Å². The average Bonchev–Trinajstić information content (AvgIpc) is 2.39. The Morgan fingerprint density at radius 1 is 1.45 bits per heavy atom. The SMILES string of the molecule is NC(=O)OC1CCCN(Cc2ccc([N+](=O)[O-])cc2)C1. The first-order valence-corrected chi connectivity index (χ1v) is 6.46. The van der Waals surface area contributed by atoms with Crippen LogP contribution >= 0.6 is 0 Å². The molecule has 2 rings (SSSR count). The summed E-state index contributed by atoms with van der Waals surface area (Å²) in [7, 11) is 0. The molecule has 1 aliphatic rings. The Hall–Kier alpha value is -2.15. The minimum atomic E-state index is -0.743. The van der Waals surface area contributed by atoms with Gasteiger partial charge in [-0.25, -0.2) is 4.79 Å². The Morgan fingerprint density at radius 2 is 2.15 bits per heavy atom. The lowest BCUT2D eigenvalue weighted by atomic mass is 10.1. The number of benzene rings is 1. The van der Waals surface area contributed by atoms with Crippen LogP contribution in [0.1, 0.15) is 18.4 Å². The van der Waals surface area contributed by atoms with Gasteiger partial charge in [-0.05, 0) is 24.9 Å². The molecule has 1 saturated heterocycles. The second kappa shape index (κ2) is 6.33. The molecule has 0 saturated carbocycles. The average molecular weight is 279 g/mol. The summed E-state index contributed by atoms with van der Waals surface area (Å²) in [6.07, 6.45) is 0.844. The molecule has 1 atom stereocenters. The number of nitro groups is 1. The normalized spacial score (nSPS) is 19.5. The first-order chi connectivity index (χ1) is 9.54. The Kier molecular flexibility index (Phi) is 4.52. The van der Waals surface area contributed by atoms with Crippen LogP contribution in [0.4, 0.5) is 10.5 Å². The number of likely N-dealkylation sites (tertiary alicyclic amines) is 1. The summed E-state index contributed by atoms with van der Waals surface area (Å²) < 4.78 is 5.02. The summed E-state index contributed by atoms with van der Waals surface area (Å²) >= 11 is 0. The van der Waals surface area contributed by atoms with E-state index < -0.39 is 11.0 Å². The fraction of sp³-hybridized carbons (Fsp3) is 0.462. The molecule has 1 aromatic rings. The number of rotatable bonds is 4. The molecule has 0 bridgehead atoms. The molecular weight excluding hydrogens is 262 g/mol. The van der Waals surface area contributed by atoms with Crippen molar-refractivity contribution in [2.45, 2.75) is 25.5 Å². The lowest BCUT2D eigenvalue weighted by Gasteiger charge is -2.31. The summed E-state index contributed by atoms with van der Waals surface area (Å²) in [6.45, 7) is 2.23. The number of non-ortho nitro benzene ring substituents is 1. The highest BCUT2D eigenvalue weighted by Gasteiger charge is 2.22. The lowest BCUT2D eigenvalue weighted by molar-refractivity contribution is -0.384. The van der Waals surface area contributed by atoms with Crippen LogP contribution in [-0.4, -0.2) is 35.1 Å². The molecule has 20 heavy (non-hydrogen) atoms. The van der Waals surface area contributed by atoms with Crippen molar-refractivity contribution < 1.29 is 14.5 Å². The van der Waals surface area contributed by atoms with Gasteiger partial charge >= 0.3 is 6.09 Å². The molecule has 7 heteroatoms. The molecule has 1 aliphatic heterocycles. The maximum Gasteiger partial charge on any atom is 0.404 e. The van der Waals surface area contributed by atoms with Gasteiger partial charge in [0.05, 0.1) is 4.92 Å². The summed E-state index contributed by atoms with van der Waals surface area (Å²) in [5.41, 5.74) is 6.10. The molecule has 0 radical (unpaired) electrons. The van der Waals surface area contributed by atoms with E-state index in [4.69, 9.17) is 10.5 Å². The molecule has 0 spiro atoms. The highest BCUT2D eigenvalue weighted by atomic mass is 16.6. The quantitative estimate of drug-likeness (QED) is 0.667. The number of ether oxygens (including phenoxy) is 1. The number of carbonyl (C=O) groups is 1. The summed E-state index contributed by atoms with van der Waals surface area (Å²) in [5, 5.41) is 10.6. The van der Waals surface area contributed by atoms with Crippen molar-refractivity contribution in [2.75, 3.05) is 13.1 Å². The Balaban J connectivity index is 1.92. The van der Waals surface area contributed by atoms with E-state index in [0.29, 0.717) is 13.1 Å². The Labute approximate surface area is 116 Å². The van der Waals surface area contributed by atoms with E-state index >= 15 is 0 Å². The number of hydrogen-bond donors (Lipinski definition) is 1. The third-order valence-corrected chi connectivity index (χ3v) is 3.30. The van der Waals surface area contributed by atoms with E-state index in [0.717, 1.165) is 24.9 Å². The number of piperidine rings is 1. The van der Waals surface area contributed by atoms with Crippen molar-refractivity contribution in [3.05, 3.63) is 39.9 Å². The topological polar surface area (TPSA) is 98.7 Å². The van der Waals surface area contributed by atoms with Crippen molar-refractivity contribution in [3.8, 4) is 0 Å². The second-order valence-corrected chi connectivity index (χ2v) is 4.86. The Bertz CT molecular complexity index is 489. The number of hydrogen-bond acceptors (Lipinski definition) is 5. The number of carbonyl (C=O) groups excluding carboxylic acids is 1. The maximum absolute atomic E-state index is 10.8. The number of nitrogens with two attached hydrogens (primary N) is 1. The molecule has 7 nitrogen and oxygen atoms in total.